The summed E-state index contributed by atoms with van der Waals surface area (Å²) in [7, 11) is 2.20. The SMILES string of the molecule is CCCN(C)CCCc1ccc(CC(C)N)cc1. The van der Waals surface area contributed by atoms with Crippen LogP contribution < -0.4 is 5.73 Å². The van der Waals surface area contributed by atoms with E-state index in [1.54, 1.807) is 0 Å². The molecule has 1 aromatic carbocycles. The van der Waals surface area contributed by atoms with Gasteiger partial charge >= 0.3 is 0 Å². The summed E-state index contributed by atoms with van der Waals surface area (Å²) in [6, 6.07) is 9.18. The van der Waals surface area contributed by atoms with Gasteiger partial charge in [0.2, 0.25) is 0 Å². The number of rotatable bonds is 8. The molecule has 1 atom stereocenters. The van der Waals surface area contributed by atoms with Crippen LogP contribution in [0.1, 0.15) is 37.8 Å². The summed E-state index contributed by atoms with van der Waals surface area (Å²) in [5.74, 6) is 0. The topological polar surface area (TPSA) is 29.3 Å². The van der Waals surface area contributed by atoms with Gasteiger partial charge < -0.3 is 10.6 Å². The van der Waals surface area contributed by atoms with Crippen LogP contribution in [0.4, 0.5) is 0 Å². The molecule has 0 heterocycles. The van der Waals surface area contributed by atoms with E-state index in [9.17, 15) is 0 Å². The van der Waals surface area contributed by atoms with E-state index in [1.165, 1.54) is 43.5 Å². The number of nitrogens with two attached hydrogens (primary N) is 1. The quantitative estimate of drug-likeness (QED) is 0.766. The largest absolute Gasteiger partial charge is 0.328 e. The first-order chi connectivity index (χ1) is 8.61. The maximum absolute atomic E-state index is 5.80. The minimum Gasteiger partial charge on any atom is -0.328 e. The van der Waals surface area contributed by atoms with Gasteiger partial charge in [-0.1, -0.05) is 31.2 Å². The van der Waals surface area contributed by atoms with E-state index < -0.39 is 0 Å². The second-order valence-corrected chi connectivity index (χ2v) is 5.40. The van der Waals surface area contributed by atoms with E-state index in [1.807, 2.05) is 0 Å². The molecule has 2 nitrogen and oxygen atoms in total. The predicted octanol–water partition coefficient (Wildman–Crippen LogP) is 2.85. The predicted molar refractivity (Wildman–Crippen MR) is 79.9 cm³/mol. The molecule has 2 N–H and O–H groups in total. The molecule has 2 heteroatoms. The zero-order chi connectivity index (χ0) is 13.4. The first-order valence-corrected chi connectivity index (χ1v) is 7.13. The molecule has 0 aliphatic carbocycles. The normalized spacial score (nSPS) is 12.9. The van der Waals surface area contributed by atoms with E-state index in [0.29, 0.717) is 0 Å². The second-order valence-electron chi connectivity index (χ2n) is 5.40. The number of hydrogen-bond donors (Lipinski definition) is 1. The summed E-state index contributed by atoms with van der Waals surface area (Å²) >= 11 is 0. The van der Waals surface area contributed by atoms with E-state index in [4.69, 9.17) is 5.73 Å². The molecule has 0 bridgehead atoms. The first-order valence-electron chi connectivity index (χ1n) is 7.13. The molecule has 18 heavy (non-hydrogen) atoms. The van der Waals surface area contributed by atoms with Gasteiger partial charge in [-0.05, 0) is 63.9 Å². The van der Waals surface area contributed by atoms with Crippen LogP contribution >= 0.6 is 0 Å². The van der Waals surface area contributed by atoms with Crippen LogP contribution in [0.15, 0.2) is 24.3 Å². The Morgan fingerprint density at radius 1 is 1.11 bits per heavy atom. The first kappa shape index (κ1) is 15.2. The Morgan fingerprint density at radius 2 is 1.72 bits per heavy atom. The molecule has 1 unspecified atom stereocenters. The minimum absolute atomic E-state index is 0.249. The third-order valence-electron chi connectivity index (χ3n) is 3.19. The van der Waals surface area contributed by atoms with E-state index >= 15 is 0 Å². The van der Waals surface area contributed by atoms with Gasteiger partial charge in [0, 0.05) is 6.04 Å². The Balaban J connectivity index is 2.30. The van der Waals surface area contributed by atoms with Crippen LogP contribution in [0, 0.1) is 0 Å². The van der Waals surface area contributed by atoms with Gasteiger partial charge in [0.25, 0.3) is 0 Å². The molecule has 0 spiro atoms. The summed E-state index contributed by atoms with van der Waals surface area (Å²) < 4.78 is 0. The molecule has 0 amide bonds. The Labute approximate surface area is 112 Å². The molecule has 0 radical (unpaired) electrons. The van der Waals surface area contributed by atoms with Crippen LogP contribution in [-0.4, -0.2) is 31.1 Å². The Morgan fingerprint density at radius 3 is 2.28 bits per heavy atom. The maximum atomic E-state index is 5.80. The van der Waals surface area contributed by atoms with Crippen molar-refractivity contribution in [2.75, 3.05) is 20.1 Å². The summed E-state index contributed by atoms with van der Waals surface area (Å²) in [5.41, 5.74) is 8.58. The molecular formula is C16H28N2. The van der Waals surface area contributed by atoms with Crippen molar-refractivity contribution in [3.63, 3.8) is 0 Å². The van der Waals surface area contributed by atoms with E-state index in [-0.39, 0.29) is 6.04 Å². The molecular weight excluding hydrogens is 220 g/mol. The van der Waals surface area contributed by atoms with Crippen molar-refractivity contribution >= 4 is 0 Å². The van der Waals surface area contributed by atoms with Gasteiger partial charge in [-0.2, -0.15) is 0 Å². The lowest BCUT2D eigenvalue weighted by Gasteiger charge is -2.15. The number of nitrogens with zero attached hydrogens (tertiary/aromatic N) is 1. The molecule has 1 rings (SSSR count). The highest BCUT2D eigenvalue weighted by atomic mass is 15.1. The maximum Gasteiger partial charge on any atom is 0.00509 e. The minimum atomic E-state index is 0.249. The van der Waals surface area contributed by atoms with Crippen LogP contribution in [0.2, 0.25) is 0 Å². The fraction of sp³-hybridized carbons (Fsp3) is 0.625. The zero-order valence-electron chi connectivity index (χ0n) is 12.2. The standard InChI is InChI=1S/C16H28N2/c1-4-11-18(3)12-5-6-15-7-9-16(10-8-15)13-14(2)17/h7-10,14H,4-6,11-13,17H2,1-3H3. The molecule has 1 aromatic rings. The molecule has 0 aromatic heterocycles. The average molecular weight is 248 g/mol. The highest BCUT2D eigenvalue weighted by Crippen LogP contribution is 2.08. The monoisotopic (exact) mass is 248 g/mol. The zero-order valence-corrected chi connectivity index (χ0v) is 12.2. The van der Waals surface area contributed by atoms with Crippen molar-refractivity contribution in [1.29, 1.82) is 0 Å². The Hall–Kier alpha value is -0.860. The lowest BCUT2D eigenvalue weighted by Crippen LogP contribution is -2.20. The number of hydrogen-bond acceptors (Lipinski definition) is 2. The fourth-order valence-corrected chi connectivity index (χ4v) is 2.26. The molecule has 102 valence electrons. The van der Waals surface area contributed by atoms with Gasteiger partial charge in [0.1, 0.15) is 0 Å². The van der Waals surface area contributed by atoms with Crippen molar-refractivity contribution in [3.8, 4) is 0 Å². The van der Waals surface area contributed by atoms with Gasteiger partial charge in [0.15, 0.2) is 0 Å². The number of aryl methyl sites for hydroxylation is 1. The molecule has 0 fully saturated rings. The molecule has 0 saturated carbocycles. The van der Waals surface area contributed by atoms with Crippen LogP contribution in [0.3, 0.4) is 0 Å². The van der Waals surface area contributed by atoms with Crippen molar-refractivity contribution in [2.24, 2.45) is 5.73 Å². The molecule has 0 saturated heterocycles. The van der Waals surface area contributed by atoms with Crippen LogP contribution in [0.25, 0.3) is 0 Å². The van der Waals surface area contributed by atoms with Crippen molar-refractivity contribution in [2.45, 2.75) is 45.6 Å². The second kappa shape index (κ2) is 8.28. The third kappa shape index (κ3) is 6.18. The lowest BCUT2D eigenvalue weighted by atomic mass is 10.0. The summed E-state index contributed by atoms with van der Waals surface area (Å²) in [6.45, 7) is 6.67. The van der Waals surface area contributed by atoms with Crippen molar-refractivity contribution < 1.29 is 0 Å². The van der Waals surface area contributed by atoms with Crippen LogP contribution in [-0.2, 0) is 12.8 Å². The molecule has 0 aliphatic heterocycles. The summed E-state index contributed by atoms with van der Waals surface area (Å²) in [6.07, 6.45) is 4.62. The fourth-order valence-electron chi connectivity index (χ4n) is 2.26. The summed E-state index contributed by atoms with van der Waals surface area (Å²) in [5, 5.41) is 0. The highest BCUT2D eigenvalue weighted by molar-refractivity contribution is 5.23. The van der Waals surface area contributed by atoms with Gasteiger partial charge in [0.05, 0.1) is 0 Å². The third-order valence-corrected chi connectivity index (χ3v) is 3.19. The average Bonchev–Trinajstić information content (AvgIpc) is 2.31. The van der Waals surface area contributed by atoms with Gasteiger partial charge in [-0.3, -0.25) is 0 Å². The lowest BCUT2D eigenvalue weighted by molar-refractivity contribution is 0.330. The van der Waals surface area contributed by atoms with E-state index in [0.717, 1.165) is 6.42 Å². The molecule has 0 aliphatic rings. The van der Waals surface area contributed by atoms with Gasteiger partial charge in [-0.25, -0.2) is 0 Å². The van der Waals surface area contributed by atoms with E-state index in [2.05, 4.69) is 50.1 Å². The Kier molecular flexibility index (Phi) is 6.99. The Bertz CT molecular complexity index is 316. The highest BCUT2D eigenvalue weighted by Gasteiger charge is 2.00. The van der Waals surface area contributed by atoms with Gasteiger partial charge in [-0.15, -0.1) is 0 Å². The van der Waals surface area contributed by atoms with Crippen molar-refractivity contribution in [1.82, 2.24) is 4.90 Å². The van der Waals surface area contributed by atoms with Crippen LogP contribution in [0.5, 0.6) is 0 Å². The smallest absolute Gasteiger partial charge is 0.00509 e. The number of benzene rings is 1. The summed E-state index contributed by atoms with van der Waals surface area (Å²) in [4.78, 5) is 2.41. The van der Waals surface area contributed by atoms with Crippen molar-refractivity contribution in [3.05, 3.63) is 35.4 Å².